The first-order valence-corrected chi connectivity index (χ1v) is 5.48. The molecule has 0 atom stereocenters. The molecule has 7 heteroatoms. The van der Waals surface area contributed by atoms with Gasteiger partial charge in [-0.1, -0.05) is 11.6 Å². The molecule has 0 saturated heterocycles. The number of hydrogen-bond donors (Lipinski definition) is 1. The fraction of sp³-hybridized carbons (Fsp3) is 0.300. The lowest BCUT2D eigenvalue weighted by molar-refractivity contribution is -0.137. The van der Waals surface area contributed by atoms with Gasteiger partial charge in [0.15, 0.2) is 0 Å². The Morgan fingerprint density at radius 3 is 2.53 bits per heavy atom. The highest BCUT2D eigenvalue weighted by Gasteiger charge is 2.33. The van der Waals surface area contributed by atoms with Gasteiger partial charge < -0.3 is 5.32 Å². The van der Waals surface area contributed by atoms with Crippen LogP contribution in [0.3, 0.4) is 0 Å². The summed E-state index contributed by atoms with van der Waals surface area (Å²) in [6.07, 6.45) is -4.52. The second-order valence-electron chi connectivity index (χ2n) is 3.18. The second-order valence-corrected chi connectivity index (χ2v) is 3.96. The lowest BCUT2D eigenvalue weighted by atomic mass is 10.2. The SMILES string of the molecule is O=C(CCCl)Nc1ccc(Cl)c(C(F)(F)F)c1. The van der Waals surface area contributed by atoms with Crippen LogP contribution in [0.5, 0.6) is 0 Å². The smallest absolute Gasteiger partial charge is 0.326 e. The zero-order valence-corrected chi connectivity index (χ0v) is 9.96. The van der Waals surface area contributed by atoms with Gasteiger partial charge in [-0.2, -0.15) is 13.2 Å². The molecule has 1 N–H and O–H groups in total. The topological polar surface area (TPSA) is 29.1 Å². The Balaban J connectivity index is 2.93. The van der Waals surface area contributed by atoms with Crippen LogP contribution in [0, 0.1) is 0 Å². The minimum Gasteiger partial charge on any atom is -0.326 e. The second kappa shape index (κ2) is 5.60. The molecule has 1 aromatic rings. The molecule has 1 amide bonds. The van der Waals surface area contributed by atoms with Crippen molar-refractivity contribution in [1.82, 2.24) is 0 Å². The third kappa shape index (κ3) is 4.09. The van der Waals surface area contributed by atoms with Crippen molar-refractivity contribution < 1.29 is 18.0 Å². The molecule has 0 fully saturated rings. The van der Waals surface area contributed by atoms with E-state index in [1.54, 1.807) is 0 Å². The van der Waals surface area contributed by atoms with Crippen molar-refractivity contribution in [3.05, 3.63) is 28.8 Å². The molecule has 0 aromatic heterocycles. The summed E-state index contributed by atoms with van der Waals surface area (Å²) in [6, 6.07) is 3.17. The van der Waals surface area contributed by atoms with E-state index in [0.717, 1.165) is 12.1 Å². The maximum atomic E-state index is 12.5. The van der Waals surface area contributed by atoms with Crippen LogP contribution in [-0.2, 0) is 11.0 Å². The van der Waals surface area contributed by atoms with Gasteiger partial charge in [0.1, 0.15) is 0 Å². The molecular weight excluding hydrogens is 278 g/mol. The average molecular weight is 286 g/mol. The number of carbonyl (C=O) groups excluding carboxylic acids is 1. The molecule has 0 aliphatic carbocycles. The van der Waals surface area contributed by atoms with Crippen molar-refractivity contribution in [2.75, 3.05) is 11.2 Å². The van der Waals surface area contributed by atoms with Crippen molar-refractivity contribution in [3.8, 4) is 0 Å². The van der Waals surface area contributed by atoms with Crippen LogP contribution in [0.1, 0.15) is 12.0 Å². The highest BCUT2D eigenvalue weighted by atomic mass is 35.5. The quantitative estimate of drug-likeness (QED) is 0.838. The summed E-state index contributed by atoms with van der Waals surface area (Å²) in [5.74, 6) is -0.346. The average Bonchev–Trinajstić information content (AvgIpc) is 2.19. The Morgan fingerprint density at radius 2 is 2.00 bits per heavy atom. The first-order chi connectivity index (χ1) is 7.84. The Morgan fingerprint density at radius 1 is 1.35 bits per heavy atom. The minimum atomic E-state index is -4.55. The number of halogens is 5. The molecule has 94 valence electrons. The summed E-state index contributed by atoms with van der Waals surface area (Å²) in [5, 5.41) is 1.89. The van der Waals surface area contributed by atoms with E-state index in [4.69, 9.17) is 23.2 Å². The van der Waals surface area contributed by atoms with Gasteiger partial charge in [0.25, 0.3) is 0 Å². The molecule has 0 unspecified atom stereocenters. The molecule has 0 radical (unpaired) electrons. The summed E-state index contributed by atoms with van der Waals surface area (Å²) < 4.78 is 37.5. The zero-order valence-electron chi connectivity index (χ0n) is 8.44. The van der Waals surface area contributed by atoms with Crippen molar-refractivity contribution in [1.29, 1.82) is 0 Å². The predicted octanol–water partition coefficient (Wildman–Crippen LogP) is 3.93. The summed E-state index contributed by atoms with van der Waals surface area (Å²) in [6.45, 7) is 0. The van der Waals surface area contributed by atoms with Crippen LogP contribution < -0.4 is 5.32 Å². The summed E-state index contributed by atoms with van der Waals surface area (Å²) in [7, 11) is 0. The van der Waals surface area contributed by atoms with Gasteiger partial charge in [-0.05, 0) is 18.2 Å². The number of alkyl halides is 4. The zero-order chi connectivity index (χ0) is 13.1. The van der Waals surface area contributed by atoms with E-state index in [1.165, 1.54) is 6.07 Å². The number of amides is 1. The van der Waals surface area contributed by atoms with E-state index in [0.29, 0.717) is 0 Å². The van der Waals surface area contributed by atoms with Gasteiger partial charge in [-0.3, -0.25) is 4.79 Å². The first-order valence-electron chi connectivity index (χ1n) is 4.57. The Kier molecular flexibility index (Phi) is 4.65. The number of carbonyl (C=O) groups is 1. The molecule has 1 aromatic carbocycles. The lowest BCUT2D eigenvalue weighted by Crippen LogP contribution is -2.13. The number of anilines is 1. The minimum absolute atomic E-state index is 0.0333. The first kappa shape index (κ1) is 14.1. The van der Waals surface area contributed by atoms with Gasteiger partial charge in [-0.25, -0.2) is 0 Å². The molecule has 0 aliphatic rings. The van der Waals surface area contributed by atoms with Crippen LogP contribution in [0.2, 0.25) is 5.02 Å². The van der Waals surface area contributed by atoms with E-state index in [2.05, 4.69) is 5.32 Å². The molecule has 0 heterocycles. The van der Waals surface area contributed by atoms with E-state index in [-0.39, 0.29) is 18.0 Å². The Labute approximate surface area is 106 Å². The Hall–Kier alpha value is -0.940. The fourth-order valence-corrected chi connectivity index (χ4v) is 1.53. The molecule has 0 spiro atoms. The molecule has 17 heavy (non-hydrogen) atoms. The van der Waals surface area contributed by atoms with Gasteiger partial charge in [0.05, 0.1) is 10.6 Å². The maximum absolute atomic E-state index is 12.5. The van der Waals surface area contributed by atoms with E-state index in [1.807, 2.05) is 0 Å². The molecule has 0 bridgehead atoms. The molecule has 0 saturated carbocycles. The van der Waals surface area contributed by atoms with Crippen LogP contribution in [0.15, 0.2) is 18.2 Å². The van der Waals surface area contributed by atoms with Crippen LogP contribution in [-0.4, -0.2) is 11.8 Å². The van der Waals surface area contributed by atoms with Crippen LogP contribution >= 0.6 is 23.2 Å². The van der Waals surface area contributed by atoms with Gasteiger partial charge >= 0.3 is 6.18 Å². The van der Waals surface area contributed by atoms with Crippen molar-refractivity contribution >= 4 is 34.8 Å². The van der Waals surface area contributed by atoms with E-state index >= 15 is 0 Å². The normalized spacial score (nSPS) is 11.4. The molecule has 2 nitrogen and oxygen atoms in total. The van der Waals surface area contributed by atoms with Gasteiger partial charge in [-0.15, -0.1) is 11.6 Å². The summed E-state index contributed by atoms with van der Waals surface area (Å²) in [4.78, 5) is 11.1. The molecule has 0 aliphatic heterocycles. The maximum Gasteiger partial charge on any atom is 0.417 e. The highest BCUT2D eigenvalue weighted by molar-refractivity contribution is 6.31. The van der Waals surface area contributed by atoms with Crippen molar-refractivity contribution in [2.45, 2.75) is 12.6 Å². The predicted molar refractivity (Wildman–Crippen MR) is 60.4 cm³/mol. The number of benzene rings is 1. The molecule has 1 rings (SSSR count). The fourth-order valence-electron chi connectivity index (χ4n) is 1.13. The van der Waals surface area contributed by atoms with Crippen molar-refractivity contribution in [2.24, 2.45) is 0 Å². The van der Waals surface area contributed by atoms with Gasteiger partial charge in [0, 0.05) is 18.0 Å². The van der Waals surface area contributed by atoms with Gasteiger partial charge in [0.2, 0.25) is 5.91 Å². The Bertz CT molecular complexity index is 421. The monoisotopic (exact) mass is 285 g/mol. The van der Waals surface area contributed by atoms with Crippen LogP contribution in [0.4, 0.5) is 18.9 Å². The summed E-state index contributed by atoms with van der Waals surface area (Å²) in [5.41, 5.74) is -0.945. The number of nitrogens with one attached hydrogen (secondary N) is 1. The third-order valence-corrected chi connectivity index (χ3v) is 2.40. The van der Waals surface area contributed by atoms with Crippen molar-refractivity contribution in [3.63, 3.8) is 0 Å². The van der Waals surface area contributed by atoms with E-state index in [9.17, 15) is 18.0 Å². The molecular formula is C10H8Cl2F3NO. The number of rotatable bonds is 3. The van der Waals surface area contributed by atoms with Crippen LogP contribution in [0.25, 0.3) is 0 Å². The standard InChI is InChI=1S/C10H8Cl2F3NO/c11-4-3-9(17)16-6-1-2-8(12)7(5-6)10(13,14)15/h1-2,5H,3-4H2,(H,16,17). The summed E-state index contributed by atoms with van der Waals surface area (Å²) >= 11 is 10.8. The van der Waals surface area contributed by atoms with E-state index < -0.39 is 22.7 Å². The lowest BCUT2D eigenvalue weighted by Gasteiger charge is -2.11. The highest BCUT2D eigenvalue weighted by Crippen LogP contribution is 2.36. The third-order valence-electron chi connectivity index (χ3n) is 1.88. The largest absolute Gasteiger partial charge is 0.417 e. The number of hydrogen-bond acceptors (Lipinski definition) is 1.